The van der Waals surface area contributed by atoms with E-state index in [-0.39, 0.29) is 35.7 Å². The molecule has 0 atom stereocenters. The van der Waals surface area contributed by atoms with E-state index >= 15 is 0 Å². The molecule has 2 saturated heterocycles. The van der Waals surface area contributed by atoms with E-state index < -0.39 is 10.0 Å². The molecule has 0 spiro atoms. The number of primary amides is 1. The van der Waals surface area contributed by atoms with Gasteiger partial charge in [-0.3, -0.25) is 9.59 Å². The number of nitrogens with zero attached hydrogens (tertiary/aromatic N) is 2. The maximum Gasteiger partial charge on any atom is 0.255 e. The lowest BCUT2D eigenvalue weighted by atomic mass is 9.98. The summed E-state index contributed by atoms with van der Waals surface area (Å²) in [4.78, 5) is 27.3. The first-order chi connectivity index (χ1) is 13.8. The molecular formula is C20H29N3O4S2. The lowest BCUT2D eigenvalue weighted by Gasteiger charge is -2.30. The largest absolute Gasteiger partial charge is 0.369 e. The summed E-state index contributed by atoms with van der Waals surface area (Å²) in [6.45, 7) is 1.94. The standard InChI is InChI=1S/C20H29N3O4S2/c1-28-18-7-6-16(14-17(18)20(25)22-10-4-2-3-5-11-22)29(26,27)23-12-8-15(9-13-23)19(21)24/h6-7,14-15H,2-5,8-13H2,1H3,(H2,21,24). The van der Waals surface area contributed by atoms with Gasteiger partial charge in [-0.1, -0.05) is 12.8 Å². The van der Waals surface area contributed by atoms with Crippen molar-refractivity contribution >= 4 is 33.6 Å². The number of nitrogens with two attached hydrogens (primary N) is 1. The minimum atomic E-state index is -3.73. The molecule has 2 heterocycles. The number of carbonyl (C=O) groups is 2. The predicted octanol–water partition coefficient (Wildman–Crippen LogP) is 2.31. The second-order valence-corrected chi connectivity index (χ2v) is 10.4. The molecule has 0 saturated carbocycles. The zero-order valence-corrected chi connectivity index (χ0v) is 18.4. The Balaban J connectivity index is 1.85. The molecule has 0 aliphatic carbocycles. The van der Waals surface area contributed by atoms with E-state index in [1.807, 2.05) is 11.2 Å². The van der Waals surface area contributed by atoms with Crippen LogP contribution in [0.4, 0.5) is 0 Å². The second kappa shape index (κ2) is 9.49. The summed E-state index contributed by atoms with van der Waals surface area (Å²) >= 11 is 1.44. The van der Waals surface area contributed by atoms with Crippen molar-refractivity contribution in [3.05, 3.63) is 23.8 Å². The maximum absolute atomic E-state index is 13.2. The van der Waals surface area contributed by atoms with Crippen LogP contribution in [0.3, 0.4) is 0 Å². The van der Waals surface area contributed by atoms with Crippen LogP contribution in [0.2, 0.25) is 0 Å². The summed E-state index contributed by atoms with van der Waals surface area (Å²) < 4.78 is 27.7. The van der Waals surface area contributed by atoms with Crippen LogP contribution in [0.25, 0.3) is 0 Å². The van der Waals surface area contributed by atoms with E-state index in [9.17, 15) is 18.0 Å². The highest BCUT2D eigenvalue weighted by Gasteiger charge is 2.32. The molecule has 160 valence electrons. The predicted molar refractivity (Wildman–Crippen MR) is 113 cm³/mol. The zero-order valence-electron chi connectivity index (χ0n) is 16.8. The molecule has 9 heteroatoms. The average molecular weight is 440 g/mol. The Morgan fingerprint density at radius 2 is 1.66 bits per heavy atom. The fourth-order valence-corrected chi connectivity index (χ4v) is 6.06. The minimum absolute atomic E-state index is 0.0965. The van der Waals surface area contributed by atoms with Gasteiger partial charge in [0.1, 0.15) is 0 Å². The monoisotopic (exact) mass is 439 g/mol. The minimum Gasteiger partial charge on any atom is -0.369 e. The summed E-state index contributed by atoms with van der Waals surface area (Å²) in [6.07, 6.45) is 6.94. The summed E-state index contributed by atoms with van der Waals surface area (Å²) in [7, 11) is -3.73. The van der Waals surface area contributed by atoms with Gasteiger partial charge in [0.15, 0.2) is 0 Å². The van der Waals surface area contributed by atoms with Gasteiger partial charge in [0.05, 0.1) is 10.5 Å². The van der Waals surface area contributed by atoms with Crippen LogP contribution in [0, 0.1) is 5.92 Å². The molecule has 1 aromatic rings. The Bertz CT molecular complexity index is 856. The van der Waals surface area contributed by atoms with E-state index in [0.29, 0.717) is 31.5 Å². The third-order valence-electron chi connectivity index (χ3n) is 5.79. The second-order valence-electron chi connectivity index (χ2n) is 7.65. The van der Waals surface area contributed by atoms with E-state index in [1.165, 1.54) is 22.1 Å². The first-order valence-electron chi connectivity index (χ1n) is 10.1. The van der Waals surface area contributed by atoms with E-state index in [1.54, 1.807) is 12.1 Å². The molecule has 29 heavy (non-hydrogen) atoms. The zero-order chi connectivity index (χ0) is 21.0. The van der Waals surface area contributed by atoms with Gasteiger partial charge >= 0.3 is 0 Å². The fraction of sp³-hybridized carbons (Fsp3) is 0.600. The summed E-state index contributed by atoms with van der Waals surface area (Å²) in [6, 6.07) is 4.81. The van der Waals surface area contributed by atoms with Crippen LogP contribution in [-0.2, 0) is 14.8 Å². The van der Waals surface area contributed by atoms with Crippen LogP contribution >= 0.6 is 11.8 Å². The van der Waals surface area contributed by atoms with Crippen molar-refractivity contribution in [2.45, 2.75) is 48.3 Å². The highest BCUT2D eigenvalue weighted by Crippen LogP contribution is 2.29. The van der Waals surface area contributed by atoms with Crippen molar-refractivity contribution in [3.8, 4) is 0 Å². The number of rotatable bonds is 5. The molecule has 0 radical (unpaired) electrons. The van der Waals surface area contributed by atoms with Gasteiger partial charge in [-0.05, 0) is 50.1 Å². The Hall–Kier alpha value is -1.58. The number of carbonyl (C=O) groups excluding carboxylic acids is 2. The summed E-state index contributed by atoms with van der Waals surface area (Å²) in [5.74, 6) is -0.752. The molecule has 0 unspecified atom stereocenters. The van der Waals surface area contributed by atoms with Crippen molar-refractivity contribution in [1.82, 2.24) is 9.21 Å². The normalized spacial score (nSPS) is 19.7. The van der Waals surface area contributed by atoms with Crippen molar-refractivity contribution < 1.29 is 18.0 Å². The van der Waals surface area contributed by atoms with Crippen LogP contribution in [0.15, 0.2) is 28.0 Å². The summed E-state index contributed by atoms with van der Waals surface area (Å²) in [5, 5.41) is 0. The summed E-state index contributed by atoms with van der Waals surface area (Å²) in [5.41, 5.74) is 5.80. The third-order valence-corrected chi connectivity index (χ3v) is 8.48. The number of benzene rings is 1. The number of hydrogen-bond donors (Lipinski definition) is 1. The molecule has 3 rings (SSSR count). The average Bonchev–Trinajstić information content (AvgIpc) is 3.02. The SMILES string of the molecule is CSc1ccc(S(=O)(=O)N2CCC(C(N)=O)CC2)cc1C(=O)N1CCCCCC1. The molecule has 2 aliphatic rings. The van der Waals surface area contributed by atoms with Crippen LogP contribution < -0.4 is 5.73 Å². The number of sulfonamides is 1. The van der Waals surface area contributed by atoms with Crippen molar-refractivity contribution in [2.75, 3.05) is 32.4 Å². The molecule has 2 N–H and O–H groups in total. The van der Waals surface area contributed by atoms with Gasteiger partial charge in [0.25, 0.3) is 5.91 Å². The van der Waals surface area contributed by atoms with Gasteiger partial charge in [-0.2, -0.15) is 4.31 Å². The van der Waals surface area contributed by atoms with Crippen LogP contribution in [-0.4, -0.2) is 61.9 Å². The first kappa shape index (κ1) is 22.1. The number of amides is 2. The molecule has 0 bridgehead atoms. The van der Waals surface area contributed by atoms with E-state index in [2.05, 4.69) is 0 Å². The maximum atomic E-state index is 13.2. The first-order valence-corrected chi connectivity index (χ1v) is 12.8. The van der Waals surface area contributed by atoms with Crippen molar-refractivity contribution in [3.63, 3.8) is 0 Å². The fourth-order valence-electron chi connectivity index (χ4n) is 3.99. The Kier molecular flexibility index (Phi) is 7.23. The van der Waals surface area contributed by atoms with Crippen molar-refractivity contribution in [2.24, 2.45) is 11.7 Å². The lowest BCUT2D eigenvalue weighted by Crippen LogP contribution is -2.41. The molecule has 7 nitrogen and oxygen atoms in total. The number of likely N-dealkylation sites (tertiary alicyclic amines) is 1. The smallest absolute Gasteiger partial charge is 0.255 e. The van der Waals surface area contributed by atoms with Gasteiger partial charge in [-0.25, -0.2) is 8.42 Å². The molecule has 2 amide bonds. The molecule has 1 aromatic carbocycles. The number of hydrogen-bond acceptors (Lipinski definition) is 5. The Morgan fingerprint density at radius 3 is 2.21 bits per heavy atom. The third kappa shape index (κ3) is 4.95. The van der Waals surface area contributed by atoms with Gasteiger partial charge in [0.2, 0.25) is 15.9 Å². The van der Waals surface area contributed by atoms with E-state index in [4.69, 9.17) is 5.73 Å². The van der Waals surface area contributed by atoms with Crippen LogP contribution in [0.1, 0.15) is 48.9 Å². The van der Waals surface area contributed by atoms with Gasteiger partial charge in [0, 0.05) is 37.0 Å². The molecule has 2 aliphatic heterocycles. The van der Waals surface area contributed by atoms with Crippen molar-refractivity contribution in [1.29, 1.82) is 0 Å². The number of piperidine rings is 1. The Labute approximate surface area is 177 Å². The van der Waals surface area contributed by atoms with Gasteiger partial charge < -0.3 is 10.6 Å². The highest BCUT2D eigenvalue weighted by molar-refractivity contribution is 7.98. The highest BCUT2D eigenvalue weighted by atomic mass is 32.2. The Morgan fingerprint density at radius 1 is 1.03 bits per heavy atom. The molecule has 2 fully saturated rings. The van der Waals surface area contributed by atoms with Gasteiger partial charge in [-0.15, -0.1) is 11.8 Å². The molecule has 0 aromatic heterocycles. The van der Waals surface area contributed by atoms with Crippen LogP contribution in [0.5, 0.6) is 0 Å². The topological polar surface area (TPSA) is 101 Å². The quantitative estimate of drug-likeness (QED) is 0.710. The van der Waals surface area contributed by atoms with E-state index in [0.717, 1.165) is 30.6 Å². The molecular weight excluding hydrogens is 410 g/mol. The number of thioether (sulfide) groups is 1. The lowest BCUT2D eigenvalue weighted by molar-refractivity contribution is -0.122.